The van der Waals surface area contributed by atoms with Crippen molar-refractivity contribution in [1.29, 1.82) is 0 Å². The van der Waals surface area contributed by atoms with Crippen molar-refractivity contribution in [3.8, 4) is 11.1 Å². The fourth-order valence-corrected chi connectivity index (χ4v) is 4.73. The molecule has 0 bridgehead atoms. The molecule has 3 N–H and O–H groups in total. The van der Waals surface area contributed by atoms with Crippen molar-refractivity contribution < 1.29 is 4.79 Å². The minimum absolute atomic E-state index is 0.0378. The maximum Gasteiger partial charge on any atom is 0.251 e. The summed E-state index contributed by atoms with van der Waals surface area (Å²) in [6, 6.07) is 13.8. The van der Waals surface area contributed by atoms with Gasteiger partial charge in [-0.05, 0) is 78.6 Å². The summed E-state index contributed by atoms with van der Waals surface area (Å²) in [4.78, 5) is 15.6. The maximum atomic E-state index is 11.8. The van der Waals surface area contributed by atoms with Crippen molar-refractivity contribution in [2.75, 3.05) is 0 Å². The van der Waals surface area contributed by atoms with E-state index in [9.17, 15) is 4.79 Å². The van der Waals surface area contributed by atoms with Crippen LogP contribution in [0.4, 0.5) is 0 Å². The predicted molar refractivity (Wildman–Crippen MR) is 118 cm³/mol. The van der Waals surface area contributed by atoms with Gasteiger partial charge in [0, 0.05) is 40.8 Å². The third kappa shape index (κ3) is 3.16. The largest absolute Gasteiger partial charge is 0.357 e. The number of carbonyl (C=O) groups is 1. The minimum atomic E-state index is 0.0378. The van der Waals surface area contributed by atoms with Crippen molar-refractivity contribution in [3.63, 3.8) is 0 Å². The zero-order valence-electron chi connectivity index (χ0n) is 17.4. The van der Waals surface area contributed by atoms with Crippen LogP contribution < -0.4 is 10.6 Å². The van der Waals surface area contributed by atoms with Crippen LogP contribution in [-0.4, -0.2) is 16.9 Å². The summed E-state index contributed by atoms with van der Waals surface area (Å²) in [6.07, 6.45) is 3.55. The van der Waals surface area contributed by atoms with Crippen LogP contribution in [0.2, 0.25) is 0 Å². The smallest absolute Gasteiger partial charge is 0.251 e. The summed E-state index contributed by atoms with van der Waals surface area (Å²) < 4.78 is 0. The average molecular weight is 388 g/mol. The molecule has 2 aromatic carbocycles. The highest BCUT2D eigenvalue weighted by atomic mass is 16.1. The number of benzene rings is 2. The molecular formula is C25H29N3O. The van der Waals surface area contributed by atoms with Crippen LogP contribution in [0.3, 0.4) is 0 Å². The van der Waals surface area contributed by atoms with Gasteiger partial charge in [-0.2, -0.15) is 0 Å². The van der Waals surface area contributed by atoms with Gasteiger partial charge in [-0.1, -0.05) is 26.0 Å². The molecule has 1 aromatic heterocycles. The highest BCUT2D eigenvalue weighted by Crippen LogP contribution is 2.37. The summed E-state index contributed by atoms with van der Waals surface area (Å²) >= 11 is 0. The molecular weight excluding hydrogens is 358 g/mol. The molecule has 2 heterocycles. The summed E-state index contributed by atoms with van der Waals surface area (Å²) in [5.41, 5.74) is 8.36. The normalized spacial score (nSPS) is 19.3. The van der Waals surface area contributed by atoms with Gasteiger partial charge in [0.1, 0.15) is 0 Å². The number of hydrogen-bond donors (Lipinski definition) is 3. The van der Waals surface area contributed by atoms with Crippen molar-refractivity contribution in [1.82, 2.24) is 15.6 Å². The number of rotatable bonds is 4. The van der Waals surface area contributed by atoms with E-state index in [-0.39, 0.29) is 5.91 Å². The molecule has 2 aliphatic rings. The molecule has 0 radical (unpaired) electrons. The molecule has 0 spiro atoms. The first-order valence-corrected chi connectivity index (χ1v) is 10.8. The SMILES string of the molecule is CC(C)[C@@H](C)N[C@@H]1CCCc2c1[nH]c1ccc(-c3ccc4c(c3)CNC4=O)cc21. The standard InChI is InChI=1S/C25H29N3O/c1-14(2)15(3)27-23-6-4-5-20-21-12-17(8-10-22(21)28-24(20)23)16-7-9-19-18(11-16)13-26-25(19)29/h7-12,14-15,23,27-28H,4-6,13H2,1-3H3,(H,26,29)/t15-,23-/m1/s1. The number of aryl methyl sites for hydroxylation is 1. The second-order valence-corrected chi connectivity index (χ2v) is 8.98. The molecule has 0 saturated carbocycles. The number of amides is 1. The quantitative estimate of drug-likeness (QED) is 0.584. The Hall–Kier alpha value is -2.59. The van der Waals surface area contributed by atoms with E-state index in [1.54, 1.807) is 0 Å². The van der Waals surface area contributed by atoms with E-state index in [2.05, 4.69) is 66.7 Å². The van der Waals surface area contributed by atoms with Gasteiger partial charge < -0.3 is 15.6 Å². The molecule has 2 atom stereocenters. The number of H-pyrrole nitrogens is 1. The summed E-state index contributed by atoms with van der Waals surface area (Å²) in [5, 5.41) is 8.09. The van der Waals surface area contributed by atoms with E-state index in [1.807, 2.05) is 6.07 Å². The first-order valence-electron chi connectivity index (χ1n) is 10.8. The molecule has 0 saturated heterocycles. The highest BCUT2D eigenvalue weighted by Gasteiger charge is 2.26. The molecule has 4 heteroatoms. The number of aromatic nitrogens is 1. The van der Waals surface area contributed by atoms with Crippen LogP contribution in [0.25, 0.3) is 22.0 Å². The Bertz CT molecular complexity index is 1090. The maximum absolute atomic E-state index is 11.8. The molecule has 150 valence electrons. The molecule has 0 fully saturated rings. The van der Waals surface area contributed by atoms with Crippen molar-refractivity contribution in [2.45, 2.75) is 58.7 Å². The van der Waals surface area contributed by atoms with Crippen molar-refractivity contribution >= 4 is 16.8 Å². The van der Waals surface area contributed by atoms with Crippen molar-refractivity contribution in [3.05, 3.63) is 58.8 Å². The molecule has 1 aliphatic carbocycles. The fourth-order valence-electron chi connectivity index (χ4n) is 4.73. The molecule has 3 aromatic rings. The number of aromatic amines is 1. The molecule has 4 nitrogen and oxygen atoms in total. The van der Waals surface area contributed by atoms with Gasteiger partial charge in [0.2, 0.25) is 0 Å². The zero-order valence-corrected chi connectivity index (χ0v) is 17.4. The van der Waals surface area contributed by atoms with Crippen LogP contribution in [0, 0.1) is 5.92 Å². The lowest BCUT2D eigenvalue weighted by Gasteiger charge is -2.29. The van der Waals surface area contributed by atoms with E-state index in [0.717, 1.165) is 17.5 Å². The summed E-state index contributed by atoms with van der Waals surface area (Å²) in [5.74, 6) is 0.661. The number of hydrogen-bond acceptors (Lipinski definition) is 2. The van der Waals surface area contributed by atoms with Gasteiger partial charge >= 0.3 is 0 Å². The van der Waals surface area contributed by atoms with E-state index in [0.29, 0.717) is 24.5 Å². The van der Waals surface area contributed by atoms with E-state index in [1.165, 1.54) is 46.1 Å². The van der Waals surface area contributed by atoms with Gasteiger partial charge in [0.25, 0.3) is 5.91 Å². The lowest BCUT2D eigenvalue weighted by molar-refractivity contribution is 0.0966. The Morgan fingerprint density at radius 3 is 2.69 bits per heavy atom. The Morgan fingerprint density at radius 2 is 1.86 bits per heavy atom. The Morgan fingerprint density at radius 1 is 1.07 bits per heavy atom. The summed E-state index contributed by atoms with van der Waals surface area (Å²) in [6.45, 7) is 7.47. The van der Waals surface area contributed by atoms with Gasteiger partial charge in [-0.3, -0.25) is 4.79 Å². The highest BCUT2D eigenvalue weighted by molar-refractivity contribution is 5.99. The third-order valence-electron chi connectivity index (χ3n) is 6.79. The number of fused-ring (bicyclic) bond motifs is 4. The second kappa shape index (κ2) is 7.03. The topological polar surface area (TPSA) is 56.9 Å². The van der Waals surface area contributed by atoms with Gasteiger partial charge in [0.15, 0.2) is 0 Å². The average Bonchev–Trinajstić information content (AvgIpc) is 3.28. The van der Waals surface area contributed by atoms with Crippen molar-refractivity contribution in [2.24, 2.45) is 5.92 Å². The van der Waals surface area contributed by atoms with Crippen LogP contribution in [0.5, 0.6) is 0 Å². The Labute approximate surface area is 172 Å². The van der Waals surface area contributed by atoms with E-state index in [4.69, 9.17) is 0 Å². The molecule has 29 heavy (non-hydrogen) atoms. The first-order chi connectivity index (χ1) is 14.0. The van der Waals surface area contributed by atoms with Crippen LogP contribution in [-0.2, 0) is 13.0 Å². The fraction of sp³-hybridized carbons (Fsp3) is 0.400. The van der Waals surface area contributed by atoms with Gasteiger partial charge in [0.05, 0.1) is 0 Å². The molecule has 5 rings (SSSR count). The zero-order chi connectivity index (χ0) is 20.1. The Kier molecular flexibility index (Phi) is 4.47. The lowest BCUT2D eigenvalue weighted by Crippen LogP contribution is -2.36. The van der Waals surface area contributed by atoms with Gasteiger partial charge in [-0.25, -0.2) is 0 Å². The predicted octanol–water partition coefficient (Wildman–Crippen LogP) is 5.09. The number of nitrogens with one attached hydrogen (secondary N) is 3. The Balaban J connectivity index is 1.52. The van der Waals surface area contributed by atoms with Crippen LogP contribution in [0.15, 0.2) is 36.4 Å². The molecule has 1 aliphatic heterocycles. The third-order valence-corrected chi connectivity index (χ3v) is 6.79. The summed E-state index contributed by atoms with van der Waals surface area (Å²) in [7, 11) is 0. The van der Waals surface area contributed by atoms with E-state index < -0.39 is 0 Å². The van der Waals surface area contributed by atoms with E-state index >= 15 is 0 Å². The first kappa shape index (κ1) is 18.4. The molecule has 0 unspecified atom stereocenters. The second-order valence-electron chi connectivity index (χ2n) is 8.98. The lowest BCUT2D eigenvalue weighted by atomic mass is 9.90. The minimum Gasteiger partial charge on any atom is -0.357 e. The monoisotopic (exact) mass is 387 g/mol. The van der Waals surface area contributed by atoms with Gasteiger partial charge in [-0.15, -0.1) is 0 Å². The van der Waals surface area contributed by atoms with Crippen LogP contribution >= 0.6 is 0 Å². The molecule has 1 amide bonds. The van der Waals surface area contributed by atoms with Crippen LogP contribution in [0.1, 0.15) is 66.8 Å². The number of carbonyl (C=O) groups excluding carboxylic acids is 1.